The van der Waals surface area contributed by atoms with Crippen LogP contribution in [0.4, 0.5) is 0 Å². The minimum absolute atomic E-state index is 0.00269. The van der Waals surface area contributed by atoms with Crippen LogP contribution < -0.4 is 0 Å². The number of nitrogens with zero attached hydrogens (tertiary/aromatic N) is 1. The fraction of sp³-hybridized carbons (Fsp3) is 0.857. The molecule has 1 heterocycles. The van der Waals surface area contributed by atoms with Crippen LogP contribution in [0.2, 0.25) is 0 Å². The van der Waals surface area contributed by atoms with Gasteiger partial charge in [-0.05, 0) is 31.6 Å². The first-order chi connectivity index (χ1) is 9.07. The third-order valence-corrected chi connectivity index (χ3v) is 4.53. The summed E-state index contributed by atoms with van der Waals surface area (Å²) in [6.07, 6.45) is 4.45. The molecule has 0 bridgehead atoms. The zero-order chi connectivity index (χ0) is 13.9. The van der Waals surface area contributed by atoms with Crippen LogP contribution in [0.5, 0.6) is 0 Å². The lowest BCUT2D eigenvalue weighted by Gasteiger charge is -2.40. The summed E-state index contributed by atoms with van der Waals surface area (Å²) < 4.78 is 5.15. The molecule has 1 unspecified atom stereocenters. The van der Waals surface area contributed by atoms with E-state index in [1.807, 2.05) is 4.90 Å². The van der Waals surface area contributed by atoms with E-state index >= 15 is 0 Å². The van der Waals surface area contributed by atoms with Crippen molar-refractivity contribution in [3.8, 4) is 0 Å². The lowest BCUT2D eigenvalue weighted by molar-refractivity contribution is -0.160. The van der Waals surface area contributed by atoms with Crippen molar-refractivity contribution in [3.05, 3.63) is 0 Å². The molecule has 2 aliphatic rings. The molecular weight excluding hydrogens is 246 g/mol. The van der Waals surface area contributed by atoms with Crippen molar-refractivity contribution in [1.82, 2.24) is 4.90 Å². The van der Waals surface area contributed by atoms with Crippen molar-refractivity contribution < 1.29 is 19.4 Å². The Morgan fingerprint density at radius 3 is 2.63 bits per heavy atom. The van der Waals surface area contributed by atoms with E-state index < -0.39 is 11.4 Å². The van der Waals surface area contributed by atoms with Gasteiger partial charge in [-0.1, -0.05) is 6.42 Å². The van der Waals surface area contributed by atoms with Gasteiger partial charge in [0, 0.05) is 26.6 Å². The number of carbonyl (C=O) groups excluding carboxylic acids is 1. The van der Waals surface area contributed by atoms with Crippen LogP contribution in [0.15, 0.2) is 0 Å². The maximum atomic E-state index is 12.3. The predicted molar refractivity (Wildman–Crippen MR) is 69.7 cm³/mol. The van der Waals surface area contributed by atoms with E-state index in [4.69, 9.17) is 4.74 Å². The zero-order valence-corrected chi connectivity index (χ0v) is 11.6. The molecule has 1 saturated heterocycles. The van der Waals surface area contributed by atoms with Crippen LogP contribution in [0.25, 0.3) is 0 Å². The topological polar surface area (TPSA) is 66.8 Å². The highest BCUT2D eigenvalue weighted by molar-refractivity contribution is 5.85. The monoisotopic (exact) mass is 269 g/mol. The van der Waals surface area contributed by atoms with E-state index in [1.54, 1.807) is 7.11 Å². The first-order valence-electron chi connectivity index (χ1n) is 7.07. The fourth-order valence-corrected chi connectivity index (χ4v) is 3.13. The fourth-order valence-electron chi connectivity index (χ4n) is 3.13. The van der Waals surface area contributed by atoms with E-state index in [1.165, 1.54) is 0 Å². The second-order valence-corrected chi connectivity index (χ2v) is 5.92. The minimum atomic E-state index is -0.808. The van der Waals surface area contributed by atoms with Crippen LogP contribution in [-0.4, -0.2) is 48.7 Å². The maximum absolute atomic E-state index is 12.3. The van der Waals surface area contributed by atoms with Crippen molar-refractivity contribution in [2.24, 2.45) is 11.3 Å². The highest BCUT2D eigenvalue weighted by atomic mass is 16.5. The van der Waals surface area contributed by atoms with Gasteiger partial charge in [-0.2, -0.15) is 0 Å². The molecule has 1 aliphatic carbocycles. The normalized spacial score (nSPS) is 25.7. The molecule has 1 saturated carbocycles. The first kappa shape index (κ1) is 14.3. The van der Waals surface area contributed by atoms with Gasteiger partial charge in [-0.3, -0.25) is 9.59 Å². The van der Waals surface area contributed by atoms with E-state index in [2.05, 4.69) is 0 Å². The maximum Gasteiger partial charge on any atom is 0.310 e. The van der Waals surface area contributed by atoms with Gasteiger partial charge in [0.2, 0.25) is 5.91 Å². The summed E-state index contributed by atoms with van der Waals surface area (Å²) in [5, 5.41) is 9.28. The predicted octanol–water partition coefficient (Wildman–Crippen LogP) is 1.52. The number of rotatable bonds is 5. The molecule has 1 amide bonds. The number of carboxylic acids is 1. The molecule has 5 nitrogen and oxygen atoms in total. The van der Waals surface area contributed by atoms with E-state index in [9.17, 15) is 14.7 Å². The Hall–Kier alpha value is -1.10. The van der Waals surface area contributed by atoms with Crippen molar-refractivity contribution in [2.75, 3.05) is 26.8 Å². The van der Waals surface area contributed by atoms with Crippen molar-refractivity contribution in [3.63, 3.8) is 0 Å². The van der Waals surface area contributed by atoms with E-state index in [0.29, 0.717) is 31.9 Å². The Kier molecular flexibility index (Phi) is 4.45. The lowest BCUT2D eigenvalue weighted by atomic mass is 9.66. The first-order valence-corrected chi connectivity index (χ1v) is 7.07. The molecule has 0 radical (unpaired) electrons. The standard InChI is InChI=1S/C14H23NO4/c1-19-10-11-4-2-7-15(9-11)12(16)8-14(13(17)18)5-3-6-14/h11H,2-10H2,1H3,(H,17,18). The Morgan fingerprint density at radius 1 is 1.37 bits per heavy atom. The third kappa shape index (κ3) is 3.08. The molecule has 2 fully saturated rings. The average molecular weight is 269 g/mol. The van der Waals surface area contributed by atoms with Gasteiger partial charge in [0.15, 0.2) is 0 Å². The molecular formula is C14H23NO4. The molecule has 2 rings (SSSR count). The number of hydrogen-bond donors (Lipinski definition) is 1. The number of carboxylic acid groups (broad SMARTS) is 1. The van der Waals surface area contributed by atoms with Gasteiger partial charge < -0.3 is 14.7 Å². The smallest absolute Gasteiger partial charge is 0.310 e. The number of methoxy groups -OCH3 is 1. The third-order valence-electron chi connectivity index (χ3n) is 4.53. The van der Waals surface area contributed by atoms with Crippen LogP contribution >= 0.6 is 0 Å². The van der Waals surface area contributed by atoms with Gasteiger partial charge >= 0.3 is 5.97 Å². The summed E-state index contributed by atoms with van der Waals surface area (Å²) >= 11 is 0. The molecule has 0 aromatic carbocycles. The van der Waals surface area contributed by atoms with Crippen molar-refractivity contribution in [1.29, 1.82) is 0 Å². The Labute approximate surface area is 113 Å². The molecule has 0 aromatic rings. The molecule has 108 valence electrons. The number of amides is 1. The summed E-state index contributed by atoms with van der Waals surface area (Å²) in [6.45, 7) is 2.14. The molecule has 5 heteroatoms. The summed E-state index contributed by atoms with van der Waals surface area (Å²) in [5.41, 5.74) is -0.773. The number of hydrogen-bond acceptors (Lipinski definition) is 3. The second-order valence-electron chi connectivity index (χ2n) is 5.92. The minimum Gasteiger partial charge on any atom is -0.481 e. The summed E-state index contributed by atoms with van der Waals surface area (Å²) in [6, 6.07) is 0. The highest BCUT2D eigenvalue weighted by Crippen LogP contribution is 2.44. The largest absolute Gasteiger partial charge is 0.481 e. The molecule has 0 spiro atoms. The van der Waals surface area contributed by atoms with Gasteiger partial charge in [0.25, 0.3) is 0 Å². The lowest BCUT2D eigenvalue weighted by Crippen LogP contribution is -2.47. The van der Waals surface area contributed by atoms with E-state index in [-0.39, 0.29) is 12.3 Å². The second kappa shape index (κ2) is 5.90. The van der Waals surface area contributed by atoms with Crippen LogP contribution in [0.3, 0.4) is 0 Å². The van der Waals surface area contributed by atoms with Gasteiger partial charge in [0.05, 0.1) is 12.0 Å². The van der Waals surface area contributed by atoms with Crippen molar-refractivity contribution in [2.45, 2.75) is 38.5 Å². The average Bonchev–Trinajstić information content (AvgIpc) is 2.34. The molecule has 1 N–H and O–H groups in total. The number of ether oxygens (including phenoxy) is 1. The number of piperidine rings is 1. The van der Waals surface area contributed by atoms with Gasteiger partial charge in [-0.25, -0.2) is 0 Å². The summed E-state index contributed by atoms with van der Waals surface area (Å²) in [7, 11) is 1.68. The highest BCUT2D eigenvalue weighted by Gasteiger charge is 2.46. The van der Waals surface area contributed by atoms with Crippen LogP contribution in [0, 0.1) is 11.3 Å². The number of aliphatic carboxylic acids is 1. The van der Waals surface area contributed by atoms with Crippen molar-refractivity contribution >= 4 is 11.9 Å². The Balaban J connectivity index is 1.90. The SMILES string of the molecule is COCC1CCCN(C(=O)CC2(C(=O)O)CCC2)C1. The van der Waals surface area contributed by atoms with Gasteiger partial charge in [0.1, 0.15) is 0 Å². The Bertz CT molecular complexity index is 349. The molecule has 19 heavy (non-hydrogen) atoms. The zero-order valence-electron chi connectivity index (χ0n) is 11.6. The molecule has 1 aliphatic heterocycles. The Morgan fingerprint density at radius 2 is 2.11 bits per heavy atom. The number of likely N-dealkylation sites (tertiary alicyclic amines) is 1. The quantitative estimate of drug-likeness (QED) is 0.821. The molecule has 1 atom stereocenters. The van der Waals surface area contributed by atoms with Crippen LogP contribution in [-0.2, 0) is 14.3 Å². The van der Waals surface area contributed by atoms with Crippen LogP contribution in [0.1, 0.15) is 38.5 Å². The number of carbonyl (C=O) groups is 2. The summed E-state index contributed by atoms with van der Waals surface area (Å²) in [5.74, 6) is -0.412. The van der Waals surface area contributed by atoms with E-state index in [0.717, 1.165) is 25.8 Å². The summed E-state index contributed by atoms with van der Waals surface area (Å²) in [4.78, 5) is 25.4. The molecule has 0 aromatic heterocycles. The van der Waals surface area contributed by atoms with Gasteiger partial charge in [-0.15, -0.1) is 0 Å².